The van der Waals surface area contributed by atoms with Gasteiger partial charge in [0.15, 0.2) is 5.78 Å². The normalized spacial score (nSPS) is 22.5. The Kier molecular flexibility index (Phi) is 10.2. The monoisotopic (exact) mass is 510 g/mol. The molecule has 0 aromatic heterocycles. The number of carbonyl (C=O) groups is 2. The van der Waals surface area contributed by atoms with Gasteiger partial charge in [-0.1, -0.05) is 36.8 Å². The Morgan fingerprint density at radius 1 is 1.12 bits per heavy atom. The van der Waals surface area contributed by atoms with E-state index in [0.29, 0.717) is 6.42 Å². The highest BCUT2D eigenvalue weighted by Gasteiger charge is 2.46. The minimum Gasteiger partial charge on any atom is -0.469 e. The number of aliphatic hydroxyl groups excluding tert-OH is 3. The third kappa shape index (κ3) is 7.08. The van der Waals surface area contributed by atoms with E-state index in [1.165, 1.54) is 18.7 Å². The Hall–Kier alpha value is -1.84. The van der Waals surface area contributed by atoms with Gasteiger partial charge in [-0.25, -0.2) is 0 Å². The summed E-state index contributed by atoms with van der Waals surface area (Å²) in [5.74, 6) is -0.981. The van der Waals surface area contributed by atoms with Gasteiger partial charge in [-0.2, -0.15) is 0 Å². The molecule has 1 aliphatic rings. The number of carbonyl (C=O) groups excluding carboxylic acids is 2. The van der Waals surface area contributed by atoms with Crippen LogP contribution in [0.1, 0.15) is 44.1 Å². The standard InChI is InChI=1S/C24H31BrO7/c1-32-22(29)13-7-11-19(26)20(27)14-17-23(30)18(25)15-24(17,31)21(28)12-6-5-10-16-8-3-2-4-9-16/h2-4,8-9,14-15,19-21,26-28,31H,5-7,10-13H2,1H3/b17-14-/t19-,20+,21+,24-/m0/s1. The van der Waals surface area contributed by atoms with Gasteiger partial charge in [-0.05, 0) is 65.7 Å². The fourth-order valence-corrected chi connectivity index (χ4v) is 4.24. The summed E-state index contributed by atoms with van der Waals surface area (Å²) < 4.78 is 4.62. The number of ether oxygens (including phenoxy) is 1. The summed E-state index contributed by atoms with van der Waals surface area (Å²) in [4.78, 5) is 23.7. The van der Waals surface area contributed by atoms with E-state index in [1.54, 1.807) is 0 Å². The SMILES string of the molecule is COC(=O)CCC[C@H](O)[C@H](O)/C=C1/C(=O)C(Br)=C[C@@]1(O)[C@H](O)CCCCc1ccccc1. The number of rotatable bonds is 12. The lowest BCUT2D eigenvalue weighted by molar-refractivity contribution is -0.140. The Balaban J connectivity index is 1.98. The quantitative estimate of drug-likeness (QED) is 0.193. The molecule has 0 saturated heterocycles. The summed E-state index contributed by atoms with van der Waals surface area (Å²) in [5, 5.41) is 42.3. The first-order valence-electron chi connectivity index (χ1n) is 10.7. The van der Waals surface area contributed by atoms with Gasteiger partial charge in [-0.3, -0.25) is 9.59 Å². The van der Waals surface area contributed by atoms with Crippen LogP contribution in [0.15, 0.2) is 52.5 Å². The highest BCUT2D eigenvalue weighted by Crippen LogP contribution is 2.38. The maximum absolute atomic E-state index is 12.5. The number of aryl methyl sites for hydroxylation is 1. The van der Waals surface area contributed by atoms with Crippen molar-refractivity contribution < 1.29 is 34.8 Å². The fraction of sp³-hybridized carbons (Fsp3) is 0.500. The summed E-state index contributed by atoms with van der Waals surface area (Å²) in [6.45, 7) is 0. The molecule has 0 spiro atoms. The molecule has 0 bridgehead atoms. The molecule has 0 saturated carbocycles. The second-order valence-corrected chi connectivity index (χ2v) is 8.85. The number of Topliss-reactive ketones (excluding diaryl/α,β-unsaturated/α-hetero) is 1. The van der Waals surface area contributed by atoms with Crippen molar-refractivity contribution in [1.29, 1.82) is 0 Å². The molecule has 0 radical (unpaired) electrons. The highest BCUT2D eigenvalue weighted by molar-refractivity contribution is 9.12. The number of aliphatic hydroxyl groups is 4. The van der Waals surface area contributed by atoms with E-state index < -0.39 is 35.7 Å². The van der Waals surface area contributed by atoms with Gasteiger partial charge in [0, 0.05) is 12.0 Å². The van der Waals surface area contributed by atoms with Crippen LogP contribution in [-0.2, 0) is 20.7 Å². The second-order valence-electron chi connectivity index (χ2n) is 8.00. The zero-order chi connectivity index (χ0) is 23.7. The van der Waals surface area contributed by atoms with Crippen LogP contribution in [0.4, 0.5) is 0 Å². The van der Waals surface area contributed by atoms with Crippen molar-refractivity contribution in [3.8, 4) is 0 Å². The molecule has 0 aliphatic heterocycles. The van der Waals surface area contributed by atoms with E-state index in [-0.39, 0.29) is 35.7 Å². The molecule has 1 aromatic rings. The number of benzene rings is 1. The second kappa shape index (κ2) is 12.4. The van der Waals surface area contributed by atoms with Crippen molar-refractivity contribution >= 4 is 27.7 Å². The lowest BCUT2D eigenvalue weighted by Crippen LogP contribution is -2.42. The van der Waals surface area contributed by atoms with E-state index >= 15 is 0 Å². The summed E-state index contributed by atoms with van der Waals surface area (Å²) >= 11 is 3.10. The van der Waals surface area contributed by atoms with Crippen LogP contribution in [0, 0.1) is 0 Å². The van der Waals surface area contributed by atoms with E-state index in [4.69, 9.17) is 0 Å². The Morgan fingerprint density at radius 2 is 1.81 bits per heavy atom. The van der Waals surface area contributed by atoms with Crippen LogP contribution in [0.3, 0.4) is 0 Å². The number of hydrogen-bond acceptors (Lipinski definition) is 7. The van der Waals surface area contributed by atoms with Crippen LogP contribution in [0.5, 0.6) is 0 Å². The average molecular weight is 511 g/mol. The molecule has 7 nitrogen and oxygen atoms in total. The molecule has 2 rings (SSSR count). The van der Waals surface area contributed by atoms with Crippen LogP contribution in [0.2, 0.25) is 0 Å². The predicted molar refractivity (Wildman–Crippen MR) is 123 cm³/mol. The third-order valence-corrected chi connectivity index (χ3v) is 6.21. The fourth-order valence-electron chi connectivity index (χ4n) is 3.67. The van der Waals surface area contributed by atoms with Crippen LogP contribution in [-0.4, -0.2) is 63.2 Å². The number of esters is 1. The molecular formula is C24H31BrO7. The molecule has 0 heterocycles. The number of methoxy groups -OCH3 is 1. The van der Waals surface area contributed by atoms with Crippen molar-refractivity contribution in [3.05, 3.63) is 58.1 Å². The highest BCUT2D eigenvalue weighted by atomic mass is 79.9. The Labute approximate surface area is 196 Å². The minimum absolute atomic E-state index is 0.0852. The van der Waals surface area contributed by atoms with Crippen LogP contribution >= 0.6 is 15.9 Å². The zero-order valence-electron chi connectivity index (χ0n) is 18.1. The number of hydrogen-bond donors (Lipinski definition) is 4. The maximum Gasteiger partial charge on any atom is 0.305 e. The summed E-state index contributed by atoms with van der Waals surface area (Å²) in [6, 6.07) is 9.93. The first-order valence-corrected chi connectivity index (χ1v) is 11.5. The molecule has 1 aliphatic carbocycles. The van der Waals surface area contributed by atoms with Gasteiger partial charge >= 0.3 is 5.97 Å². The largest absolute Gasteiger partial charge is 0.469 e. The van der Waals surface area contributed by atoms with Gasteiger partial charge in [0.25, 0.3) is 0 Å². The first-order chi connectivity index (χ1) is 15.2. The molecule has 4 N–H and O–H groups in total. The van der Waals surface area contributed by atoms with E-state index in [2.05, 4.69) is 20.7 Å². The van der Waals surface area contributed by atoms with Gasteiger partial charge in [0.05, 0.1) is 29.9 Å². The Bertz CT molecular complexity index is 836. The van der Waals surface area contributed by atoms with E-state index in [9.17, 15) is 30.0 Å². The smallest absolute Gasteiger partial charge is 0.305 e. The molecule has 0 unspecified atom stereocenters. The van der Waals surface area contributed by atoms with Crippen molar-refractivity contribution in [2.24, 2.45) is 0 Å². The van der Waals surface area contributed by atoms with Gasteiger partial charge < -0.3 is 25.2 Å². The molecule has 0 fully saturated rings. The molecular weight excluding hydrogens is 480 g/mol. The van der Waals surface area contributed by atoms with Gasteiger partial charge in [0.1, 0.15) is 5.60 Å². The number of allylic oxidation sites excluding steroid dienone is 1. The minimum atomic E-state index is -1.96. The lowest BCUT2D eigenvalue weighted by Gasteiger charge is -2.29. The molecule has 8 heteroatoms. The number of ketones is 1. The Morgan fingerprint density at radius 3 is 2.47 bits per heavy atom. The molecule has 32 heavy (non-hydrogen) atoms. The van der Waals surface area contributed by atoms with E-state index in [1.807, 2.05) is 30.3 Å². The summed E-state index contributed by atoms with van der Waals surface area (Å²) in [5.41, 5.74) is -0.959. The molecule has 0 amide bonds. The predicted octanol–water partition coefficient (Wildman–Crippen LogP) is 2.34. The number of halogens is 1. The van der Waals surface area contributed by atoms with Gasteiger partial charge in [0.2, 0.25) is 0 Å². The number of unbranched alkanes of at least 4 members (excludes halogenated alkanes) is 1. The zero-order valence-corrected chi connectivity index (χ0v) is 19.7. The van der Waals surface area contributed by atoms with Crippen molar-refractivity contribution in [2.75, 3.05) is 7.11 Å². The summed E-state index contributed by atoms with van der Waals surface area (Å²) in [6.07, 6.45) is 1.37. The van der Waals surface area contributed by atoms with E-state index in [0.717, 1.165) is 18.9 Å². The van der Waals surface area contributed by atoms with Crippen LogP contribution in [0.25, 0.3) is 0 Å². The van der Waals surface area contributed by atoms with Crippen molar-refractivity contribution in [3.63, 3.8) is 0 Å². The molecule has 1 aromatic carbocycles. The maximum atomic E-state index is 12.5. The van der Waals surface area contributed by atoms with Crippen LogP contribution < -0.4 is 0 Å². The van der Waals surface area contributed by atoms with Crippen molar-refractivity contribution in [2.45, 2.75) is 68.9 Å². The average Bonchev–Trinajstić information content (AvgIpc) is 3.00. The first kappa shape index (κ1) is 26.4. The molecule has 176 valence electrons. The van der Waals surface area contributed by atoms with Gasteiger partial charge in [-0.15, -0.1) is 0 Å². The topological polar surface area (TPSA) is 124 Å². The third-order valence-electron chi connectivity index (χ3n) is 5.62. The van der Waals surface area contributed by atoms with Crippen molar-refractivity contribution in [1.82, 2.24) is 0 Å². The summed E-state index contributed by atoms with van der Waals surface area (Å²) in [7, 11) is 1.27. The molecule has 4 atom stereocenters. The lowest BCUT2D eigenvalue weighted by atomic mass is 9.86.